The normalized spacial score (nSPS) is 50.0. The van der Waals surface area contributed by atoms with Crippen LogP contribution in [0.2, 0.25) is 17.5 Å². The summed E-state index contributed by atoms with van der Waals surface area (Å²) in [6.45, 7) is 1.14. The maximum atomic E-state index is 2.57. The Labute approximate surface area is 100.0 Å². The average Bonchev–Trinajstić information content (AvgIpc) is 2.89. The first-order chi connectivity index (χ1) is 7.92. The highest BCUT2D eigenvalue weighted by molar-refractivity contribution is 6.64. The highest BCUT2D eigenvalue weighted by Gasteiger charge is 2.49. The molecule has 0 N–H and O–H groups in total. The van der Waals surface area contributed by atoms with Gasteiger partial charge in [0.2, 0.25) is 0 Å². The second kappa shape index (κ2) is 3.65. The maximum absolute atomic E-state index is 2.57. The number of fused-ring (bicyclic) bond motifs is 4. The Morgan fingerprint density at radius 1 is 0.812 bits per heavy atom. The summed E-state index contributed by atoms with van der Waals surface area (Å²) in [5.41, 5.74) is 0. The molecule has 4 bridgehead atoms. The smallest absolute Gasteiger partial charge is 0.0855 e. The van der Waals surface area contributed by atoms with Crippen LogP contribution in [0, 0.1) is 11.8 Å². The van der Waals surface area contributed by atoms with Gasteiger partial charge in [-0.15, -0.1) is 0 Å². The summed E-state index contributed by atoms with van der Waals surface area (Å²) in [6.07, 6.45) is 17.5. The Bertz CT molecular complexity index is 287. The molecule has 86 valence electrons. The standard InChI is InChI=1S/C15H23B/c1-3-13-5-2-6-14(4-1)16(13)15-10-11-7-8-12(15)9-11/h7-8,11-15H,1-6,9-10H2/t11-,12+,13?,14?,15+/m0/s1. The molecule has 4 aliphatic rings. The van der Waals surface area contributed by atoms with E-state index in [2.05, 4.69) is 12.2 Å². The van der Waals surface area contributed by atoms with E-state index in [1.807, 2.05) is 0 Å². The van der Waals surface area contributed by atoms with E-state index in [-0.39, 0.29) is 0 Å². The van der Waals surface area contributed by atoms with E-state index in [1.165, 1.54) is 6.42 Å². The summed E-state index contributed by atoms with van der Waals surface area (Å²) in [7, 11) is 0. The summed E-state index contributed by atoms with van der Waals surface area (Å²) in [5.74, 6) is 5.34. The molecule has 2 aliphatic carbocycles. The van der Waals surface area contributed by atoms with Gasteiger partial charge in [0.05, 0.1) is 0 Å². The summed E-state index contributed by atoms with van der Waals surface area (Å²) >= 11 is 0. The van der Waals surface area contributed by atoms with Gasteiger partial charge in [-0.2, -0.15) is 0 Å². The van der Waals surface area contributed by atoms with Crippen molar-refractivity contribution in [2.45, 2.75) is 68.8 Å². The van der Waals surface area contributed by atoms with Crippen LogP contribution in [0.25, 0.3) is 0 Å². The Hall–Kier alpha value is -0.195. The molecule has 1 saturated carbocycles. The van der Waals surface area contributed by atoms with E-state index < -0.39 is 0 Å². The number of allylic oxidation sites excluding steroid dienone is 2. The monoisotopic (exact) mass is 214 g/mol. The summed E-state index contributed by atoms with van der Waals surface area (Å²) in [5, 5.41) is 0. The van der Waals surface area contributed by atoms with E-state index in [4.69, 9.17) is 0 Å². The number of hydrogen-bond acceptors (Lipinski definition) is 0. The lowest BCUT2D eigenvalue weighted by Crippen LogP contribution is -2.39. The molecule has 2 saturated heterocycles. The fourth-order valence-electron chi connectivity index (χ4n) is 5.69. The minimum Gasteiger partial charge on any atom is -0.0855 e. The van der Waals surface area contributed by atoms with E-state index in [0.717, 1.165) is 36.0 Å². The van der Waals surface area contributed by atoms with Gasteiger partial charge in [0.1, 0.15) is 6.71 Å². The number of rotatable bonds is 1. The van der Waals surface area contributed by atoms with Gasteiger partial charge in [0.25, 0.3) is 0 Å². The molecule has 0 radical (unpaired) electrons. The van der Waals surface area contributed by atoms with Crippen LogP contribution >= 0.6 is 0 Å². The predicted molar refractivity (Wildman–Crippen MR) is 70.1 cm³/mol. The van der Waals surface area contributed by atoms with Crippen molar-refractivity contribution in [1.82, 2.24) is 0 Å². The molecule has 16 heavy (non-hydrogen) atoms. The van der Waals surface area contributed by atoms with Crippen LogP contribution in [-0.2, 0) is 0 Å². The zero-order valence-corrected chi connectivity index (χ0v) is 10.3. The van der Waals surface area contributed by atoms with Crippen LogP contribution in [0.4, 0.5) is 0 Å². The Morgan fingerprint density at radius 2 is 1.50 bits per heavy atom. The van der Waals surface area contributed by atoms with E-state index in [9.17, 15) is 0 Å². The molecule has 0 amide bonds. The first-order valence-electron chi connectivity index (χ1n) is 7.60. The Kier molecular flexibility index (Phi) is 2.23. The van der Waals surface area contributed by atoms with Crippen LogP contribution in [0.3, 0.4) is 0 Å². The Balaban J connectivity index is 1.59. The molecular formula is C15H23B. The highest BCUT2D eigenvalue weighted by atomic mass is 14.4. The molecule has 0 aromatic heterocycles. The lowest BCUT2D eigenvalue weighted by Gasteiger charge is -2.45. The van der Waals surface area contributed by atoms with Crippen molar-refractivity contribution in [1.29, 1.82) is 0 Å². The van der Waals surface area contributed by atoms with Gasteiger partial charge in [0, 0.05) is 0 Å². The third kappa shape index (κ3) is 1.36. The lowest BCUT2D eigenvalue weighted by molar-refractivity contribution is 0.427. The van der Waals surface area contributed by atoms with Crippen molar-refractivity contribution >= 4 is 6.71 Å². The van der Waals surface area contributed by atoms with Gasteiger partial charge in [-0.3, -0.25) is 0 Å². The second-order valence-corrected chi connectivity index (χ2v) is 6.90. The molecule has 0 spiro atoms. The minimum absolute atomic E-state index is 0.984. The molecule has 0 aromatic carbocycles. The van der Waals surface area contributed by atoms with Crippen LogP contribution in [0.1, 0.15) is 51.4 Å². The molecule has 0 aromatic rings. The highest BCUT2D eigenvalue weighted by Crippen LogP contribution is 2.58. The van der Waals surface area contributed by atoms with E-state index in [0.29, 0.717) is 0 Å². The van der Waals surface area contributed by atoms with Crippen molar-refractivity contribution in [2.75, 3.05) is 0 Å². The van der Waals surface area contributed by atoms with Gasteiger partial charge >= 0.3 is 0 Å². The second-order valence-electron chi connectivity index (χ2n) is 6.90. The van der Waals surface area contributed by atoms with Crippen molar-refractivity contribution in [3.05, 3.63) is 12.2 Å². The van der Waals surface area contributed by atoms with Gasteiger partial charge in [-0.05, 0) is 18.3 Å². The fraction of sp³-hybridized carbons (Fsp3) is 0.867. The van der Waals surface area contributed by atoms with Crippen LogP contribution in [0.5, 0.6) is 0 Å². The third-order valence-corrected chi connectivity index (χ3v) is 6.21. The predicted octanol–water partition coefficient (Wildman–Crippen LogP) is 4.56. The molecule has 0 nitrogen and oxygen atoms in total. The average molecular weight is 214 g/mol. The summed E-state index contributed by atoms with van der Waals surface area (Å²) < 4.78 is 0. The molecule has 0 unspecified atom stereocenters. The number of hydrogen-bond donors (Lipinski definition) is 0. The fourth-order valence-corrected chi connectivity index (χ4v) is 5.69. The molecule has 1 heteroatoms. The molecule has 4 rings (SSSR count). The largest absolute Gasteiger partial charge is 0.150 e. The zero-order chi connectivity index (χ0) is 10.5. The van der Waals surface area contributed by atoms with Crippen molar-refractivity contribution < 1.29 is 0 Å². The molecule has 3 fully saturated rings. The molecule has 2 heterocycles. The van der Waals surface area contributed by atoms with Crippen molar-refractivity contribution in [3.8, 4) is 0 Å². The third-order valence-electron chi connectivity index (χ3n) is 6.21. The quantitative estimate of drug-likeness (QED) is 0.443. The van der Waals surface area contributed by atoms with Crippen molar-refractivity contribution in [2.24, 2.45) is 11.8 Å². The van der Waals surface area contributed by atoms with Crippen LogP contribution < -0.4 is 0 Å². The van der Waals surface area contributed by atoms with E-state index in [1.54, 1.807) is 44.9 Å². The summed E-state index contributed by atoms with van der Waals surface area (Å²) in [4.78, 5) is 0. The van der Waals surface area contributed by atoms with E-state index >= 15 is 0 Å². The molecule has 3 atom stereocenters. The topological polar surface area (TPSA) is 0 Å². The SMILES string of the molecule is C1=C[C@@H]2C[C@H]1C[C@H]2B1C2CCCC1CCC2. The maximum Gasteiger partial charge on any atom is 0.150 e. The van der Waals surface area contributed by atoms with Gasteiger partial charge in [-0.25, -0.2) is 0 Å². The lowest BCUT2D eigenvalue weighted by atomic mass is 9.21. The van der Waals surface area contributed by atoms with Gasteiger partial charge < -0.3 is 0 Å². The molecular weight excluding hydrogens is 191 g/mol. The van der Waals surface area contributed by atoms with Crippen molar-refractivity contribution in [3.63, 3.8) is 0 Å². The minimum atomic E-state index is 0.984. The van der Waals surface area contributed by atoms with Crippen LogP contribution in [-0.4, -0.2) is 6.71 Å². The first-order valence-corrected chi connectivity index (χ1v) is 7.60. The van der Waals surface area contributed by atoms with Gasteiger partial charge in [-0.1, -0.05) is 74.5 Å². The summed E-state index contributed by atoms with van der Waals surface area (Å²) in [6, 6.07) is 0. The first kappa shape index (κ1) is 9.80. The van der Waals surface area contributed by atoms with Crippen LogP contribution in [0.15, 0.2) is 12.2 Å². The molecule has 2 aliphatic heterocycles. The van der Waals surface area contributed by atoms with Gasteiger partial charge in [0.15, 0.2) is 0 Å². The zero-order valence-electron chi connectivity index (χ0n) is 10.3. The Morgan fingerprint density at radius 3 is 2.00 bits per heavy atom.